The van der Waals surface area contributed by atoms with Gasteiger partial charge >= 0.3 is 0 Å². The third kappa shape index (κ3) is 4.06. The maximum absolute atomic E-state index is 12.4. The third-order valence-electron chi connectivity index (χ3n) is 4.34. The molecule has 3 aromatic rings. The fourth-order valence-electron chi connectivity index (χ4n) is 2.73. The smallest absolute Gasteiger partial charge is 0.276 e. The topological polar surface area (TPSA) is 66.9 Å². The normalized spacial score (nSPS) is 10.4. The lowest BCUT2D eigenvalue weighted by molar-refractivity contribution is 0.102. The van der Waals surface area contributed by atoms with Crippen LogP contribution in [0.5, 0.6) is 0 Å². The zero-order chi connectivity index (χ0) is 18.5. The number of carbonyl (C=O) groups excluding carboxylic acids is 1. The Balaban J connectivity index is 1.65. The first-order valence-corrected chi connectivity index (χ1v) is 8.54. The number of carbonyl (C=O) groups is 1. The molecule has 1 heterocycles. The molecule has 0 fully saturated rings. The second-order valence-electron chi connectivity index (χ2n) is 6.30. The summed E-state index contributed by atoms with van der Waals surface area (Å²) in [6.45, 7) is 6.67. The molecule has 1 aromatic heterocycles. The first kappa shape index (κ1) is 17.6. The van der Waals surface area contributed by atoms with Gasteiger partial charge in [0.05, 0.1) is 0 Å². The molecule has 2 N–H and O–H groups in total. The summed E-state index contributed by atoms with van der Waals surface area (Å²) >= 11 is 0. The number of nitrogens with one attached hydrogen (secondary N) is 2. The first-order valence-electron chi connectivity index (χ1n) is 8.54. The van der Waals surface area contributed by atoms with Crippen LogP contribution in [-0.4, -0.2) is 16.1 Å². The van der Waals surface area contributed by atoms with Gasteiger partial charge in [0, 0.05) is 12.2 Å². The van der Waals surface area contributed by atoms with E-state index in [0.29, 0.717) is 12.4 Å². The van der Waals surface area contributed by atoms with Crippen molar-refractivity contribution in [1.29, 1.82) is 0 Å². The highest BCUT2D eigenvalue weighted by Crippen LogP contribution is 2.20. The number of benzene rings is 2. The van der Waals surface area contributed by atoms with Gasteiger partial charge in [0.25, 0.3) is 5.91 Å². The van der Waals surface area contributed by atoms with Crippen molar-refractivity contribution >= 4 is 17.4 Å². The van der Waals surface area contributed by atoms with Crippen molar-refractivity contribution in [1.82, 2.24) is 10.2 Å². The number of aromatic nitrogens is 2. The van der Waals surface area contributed by atoms with E-state index in [-0.39, 0.29) is 11.6 Å². The van der Waals surface area contributed by atoms with Gasteiger partial charge in [-0.3, -0.25) is 4.79 Å². The largest absolute Gasteiger partial charge is 0.364 e. The Labute approximate surface area is 153 Å². The van der Waals surface area contributed by atoms with E-state index in [4.69, 9.17) is 0 Å². The average Bonchev–Trinajstić information content (AvgIpc) is 2.64. The molecule has 3 rings (SSSR count). The van der Waals surface area contributed by atoms with Crippen LogP contribution in [0.15, 0.2) is 54.6 Å². The second-order valence-corrected chi connectivity index (χ2v) is 6.30. The molecular weight excluding hydrogens is 324 g/mol. The van der Waals surface area contributed by atoms with Crippen LogP contribution < -0.4 is 10.6 Å². The van der Waals surface area contributed by atoms with E-state index in [1.54, 1.807) is 12.1 Å². The molecule has 26 heavy (non-hydrogen) atoms. The minimum atomic E-state index is -0.264. The van der Waals surface area contributed by atoms with Crippen molar-refractivity contribution in [3.8, 4) is 0 Å². The van der Waals surface area contributed by atoms with Gasteiger partial charge in [-0.2, -0.15) is 0 Å². The fourth-order valence-corrected chi connectivity index (χ4v) is 2.73. The molecule has 0 aliphatic heterocycles. The maximum Gasteiger partial charge on any atom is 0.276 e. The van der Waals surface area contributed by atoms with Gasteiger partial charge in [-0.25, -0.2) is 0 Å². The summed E-state index contributed by atoms with van der Waals surface area (Å²) < 4.78 is 0. The maximum atomic E-state index is 12.4. The molecule has 0 bridgehead atoms. The highest BCUT2D eigenvalue weighted by atomic mass is 16.1. The highest BCUT2D eigenvalue weighted by molar-refractivity contribution is 6.03. The van der Waals surface area contributed by atoms with E-state index < -0.39 is 0 Å². The highest BCUT2D eigenvalue weighted by Gasteiger charge is 2.11. The monoisotopic (exact) mass is 346 g/mol. The van der Waals surface area contributed by atoms with E-state index >= 15 is 0 Å². The van der Waals surface area contributed by atoms with Crippen LogP contribution in [0, 0.1) is 20.8 Å². The molecule has 0 aliphatic carbocycles. The SMILES string of the molecule is Cc1ccccc1CNc1ccc(C(=O)Nc2c(C)cccc2C)nn1. The van der Waals surface area contributed by atoms with Crippen molar-refractivity contribution in [3.05, 3.63) is 82.5 Å². The summed E-state index contributed by atoms with van der Waals surface area (Å²) in [4.78, 5) is 12.4. The zero-order valence-corrected chi connectivity index (χ0v) is 15.2. The van der Waals surface area contributed by atoms with Gasteiger partial charge in [0.2, 0.25) is 0 Å². The molecule has 0 radical (unpaired) electrons. The predicted octanol–water partition coefficient (Wildman–Crippen LogP) is 4.27. The van der Waals surface area contributed by atoms with Crippen molar-refractivity contribution in [2.45, 2.75) is 27.3 Å². The molecule has 0 aliphatic rings. The van der Waals surface area contributed by atoms with Crippen molar-refractivity contribution in [2.75, 3.05) is 10.6 Å². The van der Waals surface area contributed by atoms with Gasteiger partial charge in [0.15, 0.2) is 5.69 Å². The Morgan fingerprint density at radius 1 is 0.846 bits per heavy atom. The summed E-state index contributed by atoms with van der Waals surface area (Å²) in [5.41, 5.74) is 5.56. The first-order chi connectivity index (χ1) is 12.5. The molecular formula is C21H22N4O. The third-order valence-corrected chi connectivity index (χ3v) is 4.34. The standard InChI is InChI=1S/C21H22N4O/c1-14-7-4-5-10-17(14)13-22-19-12-11-18(24-25-19)21(26)23-20-15(2)8-6-9-16(20)3/h4-12H,13H2,1-3H3,(H,22,25)(H,23,26). The van der Waals surface area contributed by atoms with Gasteiger partial charge in [-0.05, 0) is 55.2 Å². The van der Waals surface area contributed by atoms with Gasteiger partial charge < -0.3 is 10.6 Å². The molecule has 0 unspecified atom stereocenters. The molecule has 0 atom stereocenters. The van der Waals surface area contributed by atoms with E-state index in [2.05, 4.69) is 39.9 Å². The van der Waals surface area contributed by atoms with Crippen molar-refractivity contribution < 1.29 is 4.79 Å². The summed E-state index contributed by atoms with van der Waals surface area (Å²) in [6, 6.07) is 17.5. The van der Waals surface area contributed by atoms with Gasteiger partial charge in [-0.15, -0.1) is 10.2 Å². The quantitative estimate of drug-likeness (QED) is 0.724. The van der Waals surface area contributed by atoms with Crippen LogP contribution in [0.3, 0.4) is 0 Å². The Morgan fingerprint density at radius 2 is 1.54 bits per heavy atom. The second kappa shape index (κ2) is 7.78. The molecule has 1 amide bonds. The number of nitrogens with zero attached hydrogens (tertiary/aromatic N) is 2. The molecule has 0 spiro atoms. The minimum absolute atomic E-state index is 0.264. The Bertz CT molecular complexity index is 899. The van der Waals surface area contributed by atoms with E-state index in [0.717, 1.165) is 16.8 Å². The number of amides is 1. The number of hydrogen-bond acceptors (Lipinski definition) is 4. The fraction of sp³-hybridized carbons (Fsp3) is 0.190. The van der Waals surface area contributed by atoms with Crippen LogP contribution in [0.4, 0.5) is 11.5 Å². The molecule has 5 nitrogen and oxygen atoms in total. The lowest BCUT2D eigenvalue weighted by Crippen LogP contribution is -2.16. The number of aryl methyl sites for hydroxylation is 3. The molecule has 132 valence electrons. The van der Waals surface area contributed by atoms with E-state index in [1.165, 1.54) is 11.1 Å². The van der Waals surface area contributed by atoms with Crippen LogP contribution in [0.25, 0.3) is 0 Å². The number of para-hydroxylation sites is 1. The van der Waals surface area contributed by atoms with Gasteiger partial charge in [-0.1, -0.05) is 42.5 Å². The van der Waals surface area contributed by atoms with Gasteiger partial charge in [0.1, 0.15) is 5.82 Å². The minimum Gasteiger partial charge on any atom is -0.364 e. The Kier molecular flexibility index (Phi) is 5.27. The van der Waals surface area contributed by atoms with Crippen LogP contribution in [0.2, 0.25) is 0 Å². The lowest BCUT2D eigenvalue weighted by atomic mass is 10.1. The lowest BCUT2D eigenvalue weighted by Gasteiger charge is -2.11. The van der Waals surface area contributed by atoms with Crippen LogP contribution >= 0.6 is 0 Å². The van der Waals surface area contributed by atoms with E-state index in [9.17, 15) is 4.79 Å². The Morgan fingerprint density at radius 3 is 2.19 bits per heavy atom. The summed E-state index contributed by atoms with van der Waals surface area (Å²) in [6.07, 6.45) is 0. The summed E-state index contributed by atoms with van der Waals surface area (Å²) in [5, 5.41) is 14.3. The Hall–Kier alpha value is -3.21. The van der Waals surface area contributed by atoms with Crippen LogP contribution in [-0.2, 0) is 6.54 Å². The van der Waals surface area contributed by atoms with Crippen molar-refractivity contribution in [3.63, 3.8) is 0 Å². The summed E-state index contributed by atoms with van der Waals surface area (Å²) in [7, 11) is 0. The van der Waals surface area contributed by atoms with E-state index in [1.807, 2.05) is 44.2 Å². The molecule has 0 saturated heterocycles. The molecule has 0 saturated carbocycles. The summed E-state index contributed by atoms with van der Waals surface area (Å²) in [5.74, 6) is 0.372. The van der Waals surface area contributed by atoms with Crippen molar-refractivity contribution in [2.24, 2.45) is 0 Å². The zero-order valence-electron chi connectivity index (χ0n) is 15.2. The predicted molar refractivity (Wildman–Crippen MR) is 104 cm³/mol. The average molecular weight is 346 g/mol. The number of anilines is 2. The van der Waals surface area contributed by atoms with Crippen LogP contribution in [0.1, 0.15) is 32.7 Å². The molecule has 5 heteroatoms. The molecule has 2 aromatic carbocycles. The number of hydrogen-bond donors (Lipinski definition) is 2. The number of rotatable bonds is 5.